The first-order valence-corrected chi connectivity index (χ1v) is 5.38. The standard InChI is InChI=1S/C8H14BrNO2/c9-3-4-10-8(11)7-2-1-5-12-6-7/h7H,1-6H2,(H,10,11). The van der Waals surface area contributed by atoms with Crippen molar-refractivity contribution in [1.82, 2.24) is 5.32 Å². The van der Waals surface area contributed by atoms with Crippen LogP contribution in [0.15, 0.2) is 0 Å². The fraction of sp³-hybridized carbons (Fsp3) is 0.875. The maximum Gasteiger partial charge on any atom is 0.225 e. The molecule has 70 valence electrons. The maximum atomic E-state index is 11.3. The molecular formula is C8H14BrNO2. The van der Waals surface area contributed by atoms with Crippen molar-refractivity contribution in [1.29, 1.82) is 0 Å². The van der Waals surface area contributed by atoms with Crippen molar-refractivity contribution < 1.29 is 9.53 Å². The molecule has 0 radical (unpaired) electrons. The molecule has 0 spiro atoms. The Balaban J connectivity index is 2.20. The van der Waals surface area contributed by atoms with Crippen LogP contribution < -0.4 is 5.32 Å². The Morgan fingerprint density at radius 3 is 3.08 bits per heavy atom. The molecule has 1 amide bonds. The largest absolute Gasteiger partial charge is 0.381 e. The average molecular weight is 236 g/mol. The van der Waals surface area contributed by atoms with Gasteiger partial charge in [0.2, 0.25) is 5.91 Å². The van der Waals surface area contributed by atoms with Gasteiger partial charge in [-0.05, 0) is 12.8 Å². The normalized spacial score (nSPS) is 23.6. The molecule has 1 atom stereocenters. The first-order chi connectivity index (χ1) is 5.84. The van der Waals surface area contributed by atoms with Crippen molar-refractivity contribution in [3.8, 4) is 0 Å². The molecule has 0 bridgehead atoms. The topological polar surface area (TPSA) is 38.3 Å². The summed E-state index contributed by atoms with van der Waals surface area (Å²) < 4.78 is 5.21. The fourth-order valence-corrected chi connectivity index (χ4v) is 1.46. The minimum absolute atomic E-state index is 0.0813. The van der Waals surface area contributed by atoms with Crippen LogP contribution >= 0.6 is 15.9 Å². The lowest BCUT2D eigenvalue weighted by molar-refractivity contribution is -0.128. The Kier molecular flexibility index (Phi) is 4.61. The van der Waals surface area contributed by atoms with Crippen LogP contribution in [0, 0.1) is 5.92 Å². The van der Waals surface area contributed by atoms with E-state index in [1.54, 1.807) is 0 Å². The summed E-state index contributed by atoms with van der Waals surface area (Å²) in [4.78, 5) is 11.3. The summed E-state index contributed by atoms with van der Waals surface area (Å²) in [5.74, 6) is 0.215. The summed E-state index contributed by atoms with van der Waals surface area (Å²) in [6, 6.07) is 0. The minimum atomic E-state index is 0.0813. The Bertz CT molecular complexity index is 146. The van der Waals surface area contributed by atoms with Gasteiger partial charge in [-0.1, -0.05) is 15.9 Å². The van der Waals surface area contributed by atoms with E-state index in [2.05, 4.69) is 21.2 Å². The highest BCUT2D eigenvalue weighted by Crippen LogP contribution is 2.12. The zero-order chi connectivity index (χ0) is 8.81. The third-order valence-electron chi connectivity index (χ3n) is 1.92. The van der Waals surface area contributed by atoms with Crippen molar-refractivity contribution >= 4 is 21.8 Å². The molecule has 3 nitrogen and oxygen atoms in total. The number of hydrogen-bond acceptors (Lipinski definition) is 2. The summed E-state index contributed by atoms with van der Waals surface area (Å²) in [6.45, 7) is 2.10. The molecular weight excluding hydrogens is 222 g/mol. The van der Waals surface area contributed by atoms with Crippen LogP contribution in [0.25, 0.3) is 0 Å². The smallest absolute Gasteiger partial charge is 0.225 e. The zero-order valence-corrected chi connectivity index (χ0v) is 8.60. The second-order valence-corrected chi connectivity index (χ2v) is 3.69. The Hall–Kier alpha value is -0.0900. The summed E-state index contributed by atoms with van der Waals surface area (Å²) in [6.07, 6.45) is 1.97. The number of rotatable bonds is 3. The van der Waals surface area contributed by atoms with Crippen LogP contribution in [-0.4, -0.2) is 31.0 Å². The van der Waals surface area contributed by atoms with Crippen LogP contribution in [-0.2, 0) is 9.53 Å². The first-order valence-electron chi connectivity index (χ1n) is 4.26. The monoisotopic (exact) mass is 235 g/mol. The van der Waals surface area contributed by atoms with Gasteiger partial charge in [-0.3, -0.25) is 4.79 Å². The van der Waals surface area contributed by atoms with E-state index >= 15 is 0 Å². The molecule has 0 aromatic heterocycles. The highest BCUT2D eigenvalue weighted by molar-refractivity contribution is 9.09. The molecule has 0 aromatic carbocycles. The number of halogens is 1. The Labute approximate surface area is 81.0 Å². The molecule has 1 aliphatic rings. The van der Waals surface area contributed by atoms with Gasteiger partial charge in [-0.15, -0.1) is 0 Å². The van der Waals surface area contributed by atoms with Crippen LogP contribution in [0.3, 0.4) is 0 Å². The Morgan fingerprint density at radius 2 is 2.50 bits per heavy atom. The van der Waals surface area contributed by atoms with Gasteiger partial charge < -0.3 is 10.1 Å². The summed E-state index contributed by atoms with van der Waals surface area (Å²) in [5, 5.41) is 3.65. The maximum absolute atomic E-state index is 11.3. The second kappa shape index (κ2) is 5.54. The van der Waals surface area contributed by atoms with Gasteiger partial charge in [0.05, 0.1) is 12.5 Å². The van der Waals surface area contributed by atoms with Crippen molar-refractivity contribution in [3.63, 3.8) is 0 Å². The van der Waals surface area contributed by atoms with Crippen LogP contribution in [0.4, 0.5) is 0 Å². The predicted molar refractivity (Wildman–Crippen MR) is 50.3 cm³/mol. The lowest BCUT2D eigenvalue weighted by Crippen LogP contribution is -2.36. The van der Waals surface area contributed by atoms with Gasteiger partial charge in [0.25, 0.3) is 0 Å². The Morgan fingerprint density at radius 1 is 1.67 bits per heavy atom. The van der Waals surface area contributed by atoms with Crippen molar-refractivity contribution in [2.45, 2.75) is 12.8 Å². The number of nitrogens with one attached hydrogen (secondary N) is 1. The van der Waals surface area contributed by atoms with Crippen molar-refractivity contribution in [2.24, 2.45) is 5.92 Å². The van der Waals surface area contributed by atoms with E-state index in [0.29, 0.717) is 13.2 Å². The molecule has 1 aliphatic heterocycles. The predicted octanol–water partition coefficient (Wildman–Crippen LogP) is 0.924. The van der Waals surface area contributed by atoms with Gasteiger partial charge in [-0.2, -0.15) is 0 Å². The van der Waals surface area contributed by atoms with E-state index in [4.69, 9.17) is 4.74 Å². The molecule has 1 N–H and O–H groups in total. The molecule has 1 saturated heterocycles. The average Bonchev–Trinajstić information content (AvgIpc) is 2.15. The summed E-state index contributed by atoms with van der Waals surface area (Å²) in [5.41, 5.74) is 0. The van der Waals surface area contributed by atoms with Gasteiger partial charge in [-0.25, -0.2) is 0 Å². The molecule has 0 aromatic rings. The SMILES string of the molecule is O=C(NCCBr)C1CCCOC1. The number of hydrogen-bond donors (Lipinski definition) is 1. The molecule has 0 aliphatic carbocycles. The minimum Gasteiger partial charge on any atom is -0.381 e. The lowest BCUT2D eigenvalue weighted by atomic mass is 10.0. The van der Waals surface area contributed by atoms with E-state index in [9.17, 15) is 4.79 Å². The highest BCUT2D eigenvalue weighted by atomic mass is 79.9. The lowest BCUT2D eigenvalue weighted by Gasteiger charge is -2.20. The van der Waals surface area contributed by atoms with Crippen LogP contribution in [0.1, 0.15) is 12.8 Å². The summed E-state index contributed by atoms with van der Waals surface area (Å²) >= 11 is 3.26. The third kappa shape index (κ3) is 3.11. The first kappa shape index (κ1) is 9.99. The van der Waals surface area contributed by atoms with Crippen LogP contribution in [0.2, 0.25) is 0 Å². The van der Waals surface area contributed by atoms with E-state index in [-0.39, 0.29) is 11.8 Å². The van der Waals surface area contributed by atoms with Gasteiger partial charge >= 0.3 is 0 Å². The van der Waals surface area contributed by atoms with E-state index in [1.807, 2.05) is 0 Å². The molecule has 4 heteroatoms. The van der Waals surface area contributed by atoms with Crippen molar-refractivity contribution in [3.05, 3.63) is 0 Å². The fourth-order valence-electron chi connectivity index (χ4n) is 1.26. The van der Waals surface area contributed by atoms with Gasteiger partial charge in [0, 0.05) is 18.5 Å². The highest BCUT2D eigenvalue weighted by Gasteiger charge is 2.20. The van der Waals surface area contributed by atoms with Crippen molar-refractivity contribution in [2.75, 3.05) is 25.1 Å². The number of alkyl halides is 1. The van der Waals surface area contributed by atoms with E-state index in [0.717, 1.165) is 24.8 Å². The van der Waals surface area contributed by atoms with Crippen LogP contribution in [0.5, 0.6) is 0 Å². The number of amides is 1. The quantitative estimate of drug-likeness (QED) is 0.740. The summed E-state index contributed by atoms with van der Waals surface area (Å²) in [7, 11) is 0. The molecule has 12 heavy (non-hydrogen) atoms. The molecule has 0 saturated carbocycles. The van der Waals surface area contributed by atoms with E-state index in [1.165, 1.54) is 0 Å². The van der Waals surface area contributed by atoms with Gasteiger partial charge in [0.1, 0.15) is 0 Å². The number of ether oxygens (including phenoxy) is 1. The third-order valence-corrected chi connectivity index (χ3v) is 2.32. The zero-order valence-electron chi connectivity index (χ0n) is 7.01. The molecule has 1 fully saturated rings. The van der Waals surface area contributed by atoms with E-state index < -0.39 is 0 Å². The second-order valence-electron chi connectivity index (χ2n) is 2.89. The number of carbonyl (C=O) groups is 1. The van der Waals surface area contributed by atoms with Gasteiger partial charge in [0.15, 0.2) is 0 Å². The molecule has 1 unspecified atom stereocenters. The molecule has 1 rings (SSSR count). The molecule has 1 heterocycles. The number of carbonyl (C=O) groups excluding carboxylic acids is 1.